The zero-order chi connectivity index (χ0) is 20.3. The van der Waals surface area contributed by atoms with Gasteiger partial charge < -0.3 is 0 Å². The van der Waals surface area contributed by atoms with Crippen LogP contribution in [0.5, 0.6) is 0 Å². The van der Waals surface area contributed by atoms with E-state index in [9.17, 15) is 4.79 Å². The summed E-state index contributed by atoms with van der Waals surface area (Å²) in [4.78, 5) is 14.3. The number of allylic oxidation sites excluding steroid dienone is 1. The summed E-state index contributed by atoms with van der Waals surface area (Å²) in [6, 6.07) is 17.6. The lowest BCUT2D eigenvalue weighted by Gasteiger charge is -2.35. The quantitative estimate of drug-likeness (QED) is 0.277. The minimum atomic E-state index is -0.670. The van der Waals surface area contributed by atoms with Crippen molar-refractivity contribution in [3.8, 4) is 0 Å². The number of hydrogen-bond acceptors (Lipinski definition) is 2. The summed E-state index contributed by atoms with van der Waals surface area (Å²) in [7, 11) is 0. The van der Waals surface area contributed by atoms with Crippen LogP contribution in [0.15, 0.2) is 66.2 Å². The van der Waals surface area contributed by atoms with Crippen molar-refractivity contribution in [2.24, 2.45) is 5.92 Å². The third kappa shape index (κ3) is 4.75. The van der Waals surface area contributed by atoms with Crippen molar-refractivity contribution in [1.82, 2.24) is 5.32 Å². The van der Waals surface area contributed by atoms with Gasteiger partial charge in [-0.25, -0.2) is 0 Å². The Hall–Kier alpha value is -1.88. The monoisotopic (exact) mass is 432 g/mol. The number of halogens is 2. The van der Waals surface area contributed by atoms with Crippen LogP contribution in [0.25, 0.3) is 0 Å². The lowest BCUT2D eigenvalue weighted by Crippen LogP contribution is -2.54. The summed E-state index contributed by atoms with van der Waals surface area (Å²) in [6.45, 7) is 4.29. The van der Waals surface area contributed by atoms with Gasteiger partial charge in [-0.05, 0) is 60.3 Å². The Morgan fingerprint density at radius 2 is 1.79 bits per heavy atom. The van der Waals surface area contributed by atoms with E-state index in [0.717, 1.165) is 12.1 Å². The summed E-state index contributed by atoms with van der Waals surface area (Å²) in [6.07, 6.45) is 2.87. The van der Waals surface area contributed by atoms with E-state index < -0.39 is 5.50 Å². The van der Waals surface area contributed by atoms with Gasteiger partial charge in [-0.2, -0.15) is 0 Å². The molecule has 1 aliphatic rings. The van der Waals surface area contributed by atoms with Crippen molar-refractivity contribution in [2.75, 3.05) is 4.90 Å². The van der Waals surface area contributed by atoms with E-state index in [1.165, 1.54) is 5.56 Å². The normalized spacial score (nSPS) is 20.8. The highest BCUT2D eigenvalue weighted by Gasteiger charge is 2.34. The maximum Gasteiger partial charge on any atom is 0.256 e. The number of amides is 1. The summed E-state index contributed by atoms with van der Waals surface area (Å²) < 4.78 is 0. The summed E-state index contributed by atoms with van der Waals surface area (Å²) >= 11 is 18.0. The minimum absolute atomic E-state index is 0.177. The van der Waals surface area contributed by atoms with Gasteiger partial charge in [0.05, 0.1) is 5.57 Å². The van der Waals surface area contributed by atoms with Gasteiger partial charge in [-0.15, -0.1) is 0 Å². The van der Waals surface area contributed by atoms with E-state index in [0.29, 0.717) is 16.5 Å². The maximum atomic E-state index is 12.5. The summed E-state index contributed by atoms with van der Waals surface area (Å²) in [5, 5.41) is 3.66. The number of benzene rings is 2. The van der Waals surface area contributed by atoms with Crippen LogP contribution in [0.3, 0.4) is 0 Å². The Morgan fingerprint density at radius 1 is 1.14 bits per heavy atom. The molecule has 3 nitrogen and oxygen atoms in total. The summed E-state index contributed by atoms with van der Waals surface area (Å²) in [5.74, 6) is 0.312. The van der Waals surface area contributed by atoms with Gasteiger partial charge in [0.15, 0.2) is 5.11 Å². The molecule has 3 atom stereocenters. The molecular formula is C22H22Cl2N2OS. The lowest BCUT2D eigenvalue weighted by atomic mass is 9.90. The zero-order valence-corrected chi connectivity index (χ0v) is 18.1. The van der Waals surface area contributed by atoms with Gasteiger partial charge in [0.1, 0.15) is 5.50 Å². The molecule has 2 aromatic rings. The fourth-order valence-electron chi connectivity index (χ4n) is 3.43. The van der Waals surface area contributed by atoms with Crippen LogP contribution in [0.1, 0.15) is 31.7 Å². The Bertz CT molecular complexity index is 883. The molecule has 1 amide bonds. The first kappa shape index (κ1) is 20.8. The first-order valence-corrected chi connectivity index (χ1v) is 10.4. The van der Waals surface area contributed by atoms with Gasteiger partial charge in [0, 0.05) is 10.7 Å². The number of thiocarbonyl (C=S) groups is 1. The van der Waals surface area contributed by atoms with Crippen LogP contribution in [0.2, 0.25) is 5.02 Å². The molecule has 1 fully saturated rings. The fourth-order valence-corrected chi connectivity index (χ4v) is 4.30. The highest BCUT2D eigenvalue weighted by Crippen LogP contribution is 2.31. The van der Waals surface area contributed by atoms with Crippen molar-refractivity contribution >= 4 is 52.1 Å². The Balaban J connectivity index is 1.80. The van der Waals surface area contributed by atoms with E-state index in [1.807, 2.05) is 36.4 Å². The molecule has 1 saturated heterocycles. The van der Waals surface area contributed by atoms with Crippen molar-refractivity contribution in [3.63, 3.8) is 0 Å². The third-order valence-electron chi connectivity index (χ3n) is 4.85. The Morgan fingerprint density at radius 3 is 2.43 bits per heavy atom. The number of carbonyl (C=O) groups excluding carboxylic acids is 1. The number of hydrogen-bond donors (Lipinski definition) is 1. The smallest absolute Gasteiger partial charge is 0.256 e. The van der Waals surface area contributed by atoms with E-state index >= 15 is 0 Å². The predicted molar refractivity (Wildman–Crippen MR) is 121 cm³/mol. The van der Waals surface area contributed by atoms with Crippen LogP contribution >= 0.6 is 35.4 Å². The minimum Gasteiger partial charge on any atom is -0.299 e. The Kier molecular flexibility index (Phi) is 6.76. The first-order valence-electron chi connectivity index (χ1n) is 9.17. The van der Waals surface area contributed by atoms with E-state index in [1.54, 1.807) is 17.0 Å². The second-order valence-electron chi connectivity index (χ2n) is 7.09. The van der Waals surface area contributed by atoms with Crippen LogP contribution in [0.4, 0.5) is 5.69 Å². The SMILES string of the molecule is CC(/C=C1/C(=O)NC(=S)N(c2ccc(Cl)cc2)C1Cl)CC(C)c1ccccc1. The number of anilines is 1. The van der Waals surface area contributed by atoms with Gasteiger partial charge in [-0.1, -0.05) is 73.5 Å². The van der Waals surface area contributed by atoms with Gasteiger partial charge >= 0.3 is 0 Å². The third-order valence-corrected chi connectivity index (χ3v) is 5.83. The fraction of sp³-hybridized carbons (Fsp3) is 0.273. The van der Waals surface area contributed by atoms with Crippen molar-refractivity contribution in [3.05, 3.63) is 76.8 Å². The molecule has 3 unspecified atom stereocenters. The molecule has 0 aliphatic carbocycles. The van der Waals surface area contributed by atoms with Crippen LogP contribution < -0.4 is 10.2 Å². The molecule has 0 radical (unpaired) electrons. The topological polar surface area (TPSA) is 32.3 Å². The van der Waals surface area contributed by atoms with Crippen molar-refractivity contribution in [1.29, 1.82) is 0 Å². The average molecular weight is 433 g/mol. The highest BCUT2D eigenvalue weighted by molar-refractivity contribution is 7.80. The first-order chi connectivity index (χ1) is 13.4. The Labute approximate surface area is 181 Å². The van der Waals surface area contributed by atoms with Crippen molar-refractivity contribution < 1.29 is 4.79 Å². The number of nitrogens with one attached hydrogen (secondary N) is 1. The molecule has 28 heavy (non-hydrogen) atoms. The molecule has 0 saturated carbocycles. The lowest BCUT2D eigenvalue weighted by molar-refractivity contribution is -0.116. The molecule has 2 aromatic carbocycles. The number of alkyl halides is 1. The number of carbonyl (C=O) groups is 1. The molecule has 146 valence electrons. The molecule has 0 bridgehead atoms. The van der Waals surface area contributed by atoms with Gasteiger partial charge in [0.25, 0.3) is 5.91 Å². The van der Waals surface area contributed by atoms with Crippen LogP contribution in [-0.4, -0.2) is 16.5 Å². The molecule has 6 heteroatoms. The summed E-state index contributed by atoms with van der Waals surface area (Å²) in [5.41, 5.74) is 1.91. The van der Waals surface area contributed by atoms with Gasteiger partial charge in [0.2, 0.25) is 0 Å². The van der Waals surface area contributed by atoms with Crippen LogP contribution in [-0.2, 0) is 4.79 Å². The standard InChI is InChI=1S/C22H22Cl2N2OS/c1-14(12-15(2)16-6-4-3-5-7-16)13-19-20(24)26(22(28)25-21(19)27)18-10-8-17(23)9-11-18/h3-11,13-15,20H,12H2,1-2H3,(H,25,27,28)/b19-13+. The number of rotatable bonds is 5. The van der Waals surface area contributed by atoms with Crippen molar-refractivity contribution in [2.45, 2.75) is 31.7 Å². The maximum absolute atomic E-state index is 12.5. The van der Waals surface area contributed by atoms with E-state index in [-0.39, 0.29) is 16.9 Å². The van der Waals surface area contributed by atoms with Crippen LogP contribution in [0, 0.1) is 5.92 Å². The van der Waals surface area contributed by atoms with E-state index in [4.69, 9.17) is 35.4 Å². The molecular weight excluding hydrogens is 411 g/mol. The second-order valence-corrected chi connectivity index (χ2v) is 8.32. The molecule has 1 aliphatic heterocycles. The molecule has 0 aromatic heterocycles. The predicted octanol–water partition coefficient (Wildman–Crippen LogP) is 5.88. The molecule has 3 rings (SSSR count). The average Bonchev–Trinajstić information content (AvgIpc) is 2.67. The number of nitrogens with zero attached hydrogens (tertiary/aromatic N) is 1. The largest absolute Gasteiger partial charge is 0.299 e. The zero-order valence-electron chi connectivity index (χ0n) is 15.7. The highest BCUT2D eigenvalue weighted by atomic mass is 35.5. The molecule has 1 N–H and O–H groups in total. The molecule has 0 spiro atoms. The second kappa shape index (κ2) is 9.08. The van der Waals surface area contributed by atoms with Gasteiger partial charge in [-0.3, -0.25) is 15.0 Å². The van der Waals surface area contributed by atoms with E-state index in [2.05, 4.69) is 31.3 Å². The molecule has 1 heterocycles.